The Kier molecular flexibility index (Phi) is 4.47. The van der Waals surface area contributed by atoms with Crippen LogP contribution in [-0.4, -0.2) is 25.4 Å². The Balaban J connectivity index is 1.70. The van der Waals surface area contributed by atoms with Gasteiger partial charge in [-0.3, -0.25) is 9.20 Å². The fraction of sp³-hybridized carbons (Fsp3) is 0.174. The second kappa shape index (κ2) is 8.02. The third-order valence-corrected chi connectivity index (χ3v) is 5.16. The zero-order valence-electron chi connectivity index (χ0n) is 19.8. The smallest absolute Gasteiger partial charge is 0.257 e. The van der Waals surface area contributed by atoms with E-state index in [4.69, 9.17) is 21.4 Å². The minimum absolute atomic E-state index is 0.115. The lowest BCUT2D eigenvalue weighted by Gasteiger charge is -2.13. The number of imidazole rings is 1. The molecule has 0 saturated carbocycles. The summed E-state index contributed by atoms with van der Waals surface area (Å²) in [6.45, 7) is 1.06. The highest BCUT2D eigenvalue weighted by molar-refractivity contribution is 6.30. The summed E-state index contributed by atoms with van der Waals surface area (Å²) in [4.78, 5) is 21.2. The number of aliphatic hydroxyl groups excluding tert-OH is 1. The van der Waals surface area contributed by atoms with Gasteiger partial charge in [0.05, 0.1) is 5.69 Å². The van der Waals surface area contributed by atoms with Gasteiger partial charge in [-0.25, -0.2) is 9.97 Å². The van der Waals surface area contributed by atoms with E-state index in [0.717, 1.165) is 0 Å². The molecular weight excluding hydrogens is 414 g/mol. The van der Waals surface area contributed by atoms with Crippen LogP contribution in [0.15, 0.2) is 48.7 Å². The molecule has 2 aromatic carbocycles. The molecule has 0 aliphatic rings. The second-order valence-corrected chi connectivity index (χ2v) is 7.68. The van der Waals surface area contributed by atoms with E-state index in [0.29, 0.717) is 44.3 Å². The summed E-state index contributed by atoms with van der Waals surface area (Å²) >= 11 is 5.94. The molecule has 0 saturated heterocycles. The van der Waals surface area contributed by atoms with Gasteiger partial charge in [0.25, 0.3) is 5.91 Å². The van der Waals surface area contributed by atoms with Crippen LogP contribution in [0.1, 0.15) is 32.9 Å². The minimum atomic E-state index is -2.46. The minimum Gasteiger partial charge on any atom is -0.382 e. The molecule has 2 heterocycles. The molecule has 0 radical (unpaired) electrons. The lowest BCUT2D eigenvalue weighted by atomic mass is 10.0. The number of carbonyl (C=O) groups is 1. The molecule has 4 aromatic rings. The Morgan fingerprint density at radius 2 is 2.06 bits per heavy atom. The van der Waals surface area contributed by atoms with E-state index in [1.54, 1.807) is 56.4 Å². The molecule has 4 N–H and O–H groups in total. The van der Waals surface area contributed by atoms with Crippen molar-refractivity contribution in [2.24, 2.45) is 0 Å². The molecule has 7 nitrogen and oxygen atoms in total. The summed E-state index contributed by atoms with van der Waals surface area (Å²) in [6.07, 6.45) is 0.192. The van der Waals surface area contributed by atoms with Crippen molar-refractivity contribution in [3.63, 3.8) is 0 Å². The number of aliphatic hydroxyl groups is 1. The van der Waals surface area contributed by atoms with Crippen LogP contribution in [0.2, 0.25) is 5.02 Å². The number of rotatable bonds is 4. The molecule has 0 aliphatic heterocycles. The van der Waals surface area contributed by atoms with E-state index in [2.05, 4.69) is 15.3 Å². The topological polar surface area (TPSA) is 106 Å². The summed E-state index contributed by atoms with van der Waals surface area (Å²) in [5.41, 5.74) is 9.66. The van der Waals surface area contributed by atoms with Gasteiger partial charge < -0.3 is 16.2 Å². The first-order valence-electron chi connectivity index (χ1n) is 11.0. The third kappa shape index (κ3) is 3.97. The molecule has 0 spiro atoms. The highest BCUT2D eigenvalue weighted by Crippen LogP contribution is 2.32. The molecule has 31 heavy (non-hydrogen) atoms. The van der Waals surface area contributed by atoms with E-state index in [1.165, 1.54) is 10.5 Å². The van der Waals surface area contributed by atoms with Crippen molar-refractivity contribution in [1.29, 1.82) is 0 Å². The van der Waals surface area contributed by atoms with E-state index >= 15 is 0 Å². The first-order valence-corrected chi connectivity index (χ1v) is 9.84. The van der Waals surface area contributed by atoms with Crippen LogP contribution in [-0.2, 0) is 4.79 Å². The van der Waals surface area contributed by atoms with Crippen LogP contribution in [0.3, 0.4) is 0 Å². The molecule has 0 fully saturated rings. The number of hydrogen-bond acceptors (Lipinski definition) is 5. The van der Waals surface area contributed by atoms with Gasteiger partial charge >= 0.3 is 0 Å². The van der Waals surface area contributed by atoms with E-state index in [-0.39, 0.29) is 11.6 Å². The number of fused-ring (bicyclic) bond motifs is 1. The molecule has 2 aromatic heterocycles. The van der Waals surface area contributed by atoms with Crippen LogP contribution in [0.4, 0.5) is 11.5 Å². The summed E-state index contributed by atoms with van der Waals surface area (Å²) in [7, 11) is 0. The zero-order valence-corrected chi connectivity index (χ0v) is 17.6. The fourth-order valence-corrected chi connectivity index (χ4v) is 3.69. The number of benzene rings is 2. The molecular formula is C23H22ClN5O2. The Bertz CT molecular complexity index is 1420. The Morgan fingerprint density at radius 1 is 1.26 bits per heavy atom. The molecule has 158 valence electrons. The van der Waals surface area contributed by atoms with Gasteiger partial charge in [-0.15, -0.1) is 0 Å². The van der Waals surface area contributed by atoms with Gasteiger partial charge in [-0.05, 0) is 56.1 Å². The van der Waals surface area contributed by atoms with Crippen LogP contribution in [0, 0.1) is 20.7 Å². The van der Waals surface area contributed by atoms with Gasteiger partial charge in [0.1, 0.15) is 22.9 Å². The average molecular weight is 439 g/mol. The lowest BCUT2D eigenvalue weighted by molar-refractivity contribution is -0.124. The summed E-state index contributed by atoms with van der Waals surface area (Å²) in [6, 6.07) is 11.5. The van der Waals surface area contributed by atoms with Gasteiger partial charge in [0.2, 0.25) is 0 Å². The van der Waals surface area contributed by atoms with Crippen molar-refractivity contribution >= 4 is 34.5 Å². The van der Waals surface area contributed by atoms with Crippen molar-refractivity contribution in [3.8, 4) is 11.3 Å². The van der Waals surface area contributed by atoms with E-state index < -0.39 is 18.9 Å². The van der Waals surface area contributed by atoms with Crippen molar-refractivity contribution in [1.82, 2.24) is 14.4 Å². The molecule has 0 aliphatic carbocycles. The standard InChI is InChI=1S/C23H22ClN5O2/c1-12-9-17(28-23(31)21(30)15-5-4-6-16(24)10-15)7-8-18(12)19-20-22(25)26-13(2)11-29(20)14(3)27-19/h4-11,21,30H,1-3H3,(H2,25,26)(H,28,31)/t21-/m1/s1/i3D3. The number of aromatic nitrogens is 3. The monoisotopic (exact) mass is 438 g/mol. The maximum Gasteiger partial charge on any atom is 0.257 e. The SMILES string of the molecule is [2H]C([2H])([2H])c1nc(-c2ccc(NC(=O)[C@H](O)c3cccc(Cl)c3)cc2C)c2c(N)nc(C)cn12. The number of carbonyl (C=O) groups excluding carboxylic acids is 1. The number of hydrogen-bond donors (Lipinski definition) is 3. The first-order chi connectivity index (χ1) is 16.0. The summed E-state index contributed by atoms with van der Waals surface area (Å²) in [5, 5.41) is 13.5. The fourth-order valence-electron chi connectivity index (χ4n) is 3.50. The van der Waals surface area contributed by atoms with Gasteiger partial charge in [-0.2, -0.15) is 0 Å². The largest absolute Gasteiger partial charge is 0.382 e. The Hall–Kier alpha value is -3.42. The van der Waals surface area contributed by atoms with Gasteiger partial charge in [0, 0.05) is 26.6 Å². The van der Waals surface area contributed by atoms with Crippen LogP contribution >= 0.6 is 11.6 Å². The number of nitrogens with two attached hydrogens (primary N) is 1. The van der Waals surface area contributed by atoms with Gasteiger partial charge in [-0.1, -0.05) is 29.8 Å². The molecule has 0 unspecified atom stereocenters. The van der Waals surface area contributed by atoms with Crippen molar-refractivity contribution in [2.75, 3.05) is 11.1 Å². The third-order valence-electron chi connectivity index (χ3n) is 4.93. The number of amides is 1. The lowest BCUT2D eigenvalue weighted by Crippen LogP contribution is -2.20. The predicted octanol–water partition coefficient (Wildman–Crippen LogP) is 4.23. The number of nitrogen functional groups attached to an aromatic ring is 1. The van der Waals surface area contributed by atoms with E-state index in [1.807, 2.05) is 0 Å². The van der Waals surface area contributed by atoms with Crippen LogP contribution < -0.4 is 11.1 Å². The molecule has 8 heteroatoms. The maximum absolute atomic E-state index is 12.5. The number of anilines is 2. The number of aryl methyl sites for hydroxylation is 3. The zero-order chi connectivity index (χ0) is 24.8. The number of nitrogens with one attached hydrogen (secondary N) is 1. The van der Waals surface area contributed by atoms with Gasteiger partial charge in [0.15, 0.2) is 6.10 Å². The summed E-state index contributed by atoms with van der Waals surface area (Å²) < 4.78 is 25.1. The van der Waals surface area contributed by atoms with Crippen molar-refractivity contribution in [3.05, 3.63) is 76.3 Å². The second-order valence-electron chi connectivity index (χ2n) is 7.25. The normalized spacial score (nSPS) is 14.0. The number of halogens is 1. The van der Waals surface area contributed by atoms with Crippen LogP contribution in [0.25, 0.3) is 16.8 Å². The molecule has 1 amide bonds. The summed E-state index contributed by atoms with van der Waals surface area (Å²) in [5.74, 6) is -0.564. The molecule has 0 bridgehead atoms. The maximum atomic E-state index is 12.5. The molecule has 1 atom stereocenters. The quantitative estimate of drug-likeness (QED) is 0.442. The first kappa shape index (κ1) is 17.3. The highest BCUT2D eigenvalue weighted by atomic mass is 35.5. The highest BCUT2D eigenvalue weighted by Gasteiger charge is 2.19. The Labute approximate surface area is 188 Å². The van der Waals surface area contributed by atoms with E-state index in [9.17, 15) is 9.90 Å². The van der Waals surface area contributed by atoms with Crippen LogP contribution in [0.5, 0.6) is 0 Å². The average Bonchev–Trinajstić information content (AvgIpc) is 3.13. The Morgan fingerprint density at radius 3 is 2.77 bits per heavy atom. The van der Waals surface area contributed by atoms with Crippen molar-refractivity contribution in [2.45, 2.75) is 26.8 Å². The van der Waals surface area contributed by atoms with Crippen molar-refractivity contribution < 1.29 is 14.0 Å². The number of nitrogens with zero attached hydrogens (tertiary/aromatic N) is 3. The molecule has 4 rings (SSSR count). The predicted molar refractivity (Wildman–Crippen MR) is 122 cm³/mol.